The summed E-state index contributed by atoms with van der Waals surface area (Å²) in [5.74, 6) is -1.05. The predicted molar refractivity (Wildman–Crippen MR) is 70.6 cm³/mol. The summed E-state index contributed by atoms with van der Waals surface area (Å²) in [4.78, 5) is 24.9. The van der Waals surface area contributed by atoms with E-state index in [1.54, 1.807) is 7.05 Å². The molecule has 2 aliphatic heterocycles. The monoisotopic (exact) mass is 286 g/mol. The smallest absolute Gasteiger partial charge is 0.332 e. The van der Waals surface area contributed by atoms with Crippen LogP contribution in [0, 0.1) is 0 Å². The Bertz CT molecular complexity index is 362. The Balaban J connectivity index is 1.87. The number of urea groups is 1. The number of nitrogens with zero attached hydrogens (tertiary/aromatic N) is 1. The van der Waals surface area contributed by atoms with E-state index in [0.717, 1.165) is 25.9 Å². The lowest BCUT2D eigenvalue weighted by Gasteiger charge is -2.30. The summed E-state index contributed by atoms with van der Waals surface area (Å²) in [5.41, 5.74) is -1.29. The molecule has 0 bridgehead atoms. The second-order valence-corrected chi connectivity index (χ2v) is 5.49. The van der Waals surface area contributed by atoms with Gasteiger partial charge in [-0.15, -0.1) is 0 Å². The van der Waals surface area contributed by atoms with E-state index in [-0.39, 0.29) is 12.7 Å². The molecule has 2 N–H and O–H groups in total. The normalized spacial score (nSPS) is 29.9. The zero-order valence-corrected chi connectivity index (χ0v) is 11.8. The van der Waals surface area contributed by atoms with E-state index in [1.807, 2.05) is 0 Å². The van der Waals surface area contributed by atoms with Crippen LogP contribution in [0.4, 0.5) is 4.79 Å². The zero-order chi connectivity index (χ0) is 14.6. The van der Waals surface area contributed by atoms with Crippen LogP contribution in [0.3, 0.4) is 0 Å². The highest BCUT2D eigenvalue weighted by molar-refractivity contribution is 5.86. The van der Waals surface area contributed by atoms with E-state index >= 15 is 0 Å². The number of hydrogen-bond donors (Lipinski definition) is 2. The summed E-state index contributed by atoms with van der Waals surface area (Å²) < 4.78 is 10.7. The Hall–Kier alpha value is -1.34. The molecule has 0 saturated carbocycles. The molecule has 2 heterocycles. The topological polar surface area (TPSA) is 88.1 Å². The van der Waals surface area contributed by atoms with Crippen molar-refractivity contribution in [1.82, 2.24) is 10.2 Å². The van der Waals surface area contributed by atoms with Crippen LogP contribution in [0.1, 0.15) is 25.7 Å². The zero-order valence-electron chi connectivity index (χ0n) is 11.8. The molecule has 0 aromatic carbocycles. The van der Waals surface area contributed by atoms with E-state index in [4.69, 9.17) is 9.47 Å². The van der Waals surface area contributed by atoms with Crippen LogP contribution in [0.5, 0.6) is 0 Å². The summed E-state index contributed by atoms with van der Waals surface area (Å²) in [6, 6.07) is -0.396. The molecule has 2 atom stereocenters. The lowest BCUT2D eigenvalue weighted by Crippen LogP contribution is -2.58. The van der Waals surface area contributed by atoms with Gasteiger partial charge in [0.2, 0.25) is 0 Å². The third-order valence-electron chi connectivity index (χ3n) is 3.88. The molecule has 2 amide bonds. The fourth-order valence-electron chi connectivity index (χ4n) is 2.53. The van der Waals surface area contributed by atoms with Gasteiger partial charge in [-0.3, -0.25) is 0 Å². The maximum Gasteiger partial charge on any atom is 0.332 e. The molecule has 2 fully saturated rings. The molecular weight excluding hydrogens is 264 g/mol. The molecule has 2 rings (SSSR count). The minimum atomic E-state index is -1.29. The Morgan fingerprint density at radius 3 is 2.75 bits per heavy atom. The van der Waals surface area contributed by atoms with Gasteiger partial charge >= 0.3 is 12.0 Å². The van der Waals surface area contributed by atoms with Crippen LogP contribution < -0.4 is 5.32 Å². The van der Waals surface area contributed by atoms with Gasteiger partial charge in [0.1, 0.15) is 0 Å². The molecule has 20 heavy (non-hydrogen) atoms. The van der Waals surface area contributed by atoms with E-state index in [9.17, 15) is 14.7 Å². The maximum atomic E-state index is 12.1. The summed E-state index contributed by atoms with van der Waals surface area (Å²) in [6.07, 6.45) is 3.44. The maximum absolute atomic E-state index is 12.1. The lowest BCUT2D eigenvalue weighted by atomic mass is 9.99. The number of carboxylic acids is 1. The largest absolute Gasteiger partial charge is 0.479 e. The molecule has 7 heteroatoms. The summed E-state index contributed by atoms with van der Waals surface area (Å²) in [5, 5.41) is 11.9. The Morgan fingerprint density at radius 1 is 1.40 bits per heavy atom. The number of hydrogen-bond acceptors (Lipinski definition) is 4. The van der Waals surface area contributed by atoms with Crippen molar-refractivity contribution in [2.45, 2.75) is 37.3 Å². The Kier molecular flexibility index (Phi) is 4.82. The van der Waals surface area contributed by atoms with Crippen LogP contribution in [0.25, 0.3) is 0 Å². The predicted octanol–water partition coefficient (Wildman–Crippen LogP) is 0.441. The number of likely N-dealkylation sites (N-methyl/N-ethyl adjacent to an activating group) is 1. The van der Waals surface area contributed by atoms with Crippen molar-refractivity contribution in [2.75, 3.05) is 33.4 Å². The molecule has 7 nitrogen and oxygen atoms in total. The van der Waals surface area contributed by atoms with Crippen molar-refractivity contribution in [1.29, 1.82) is 0 Å². The minimum Gasteiger partial charge on any atom is -0.479 e. The number of aliphatic carboxylic acids is 1. The SMILES string of the molecule is CN(CC1CCCCO1)C(=O)NC1(C(=O)O)CCOC1. The fourth-order valence-corrected chi connectivity index (χ4v) is 2.53. The van der Waals surface area contributed by atoms with Crippen molar-refractivity contribution in [3.63, 3.8) is 0 Å². The molecule has 0 aromatic rings. The number of ether oxygens (including phenoxy) is 2. The van der Waals surface area contributed by atoms with Gasteiger partial charge in [-0.2, -0.15) is 0 Å². The molecule has 0 radical (unpaired) electrons. The van der Waals surface area contributed by atoms with Gasteiger partial charge in [0.15, 0.2) is 5.54 Å². The van der Waals surface area contributed by atoms with Crippen molar-refractivity contribution in [3.05, 3.63) is 0 Å². The third kappa shape index (κ3) is 3.40. The van der Waals surface area contributed by atoms with Crippen LogP contribution in [0.15, 0.2) is 0 Å². The first-order chi connectivity index (χ1) is 9.53. The Labute approximate surface area is 118 Å². The number of nitrogens with one attached hydrogen (secondary N) is 1. The van der Waals surface area contributed by atoms with Gasteiger partial charge in [0.25, 0.3) is 0 Å². The van der Waals surface area contributed by atoms with Crippen LogP contribution in [-0.2, 0) is 14.3 Å². The first kappa shape index (κ1) is 15.1. The molecule has 0 aliphatic carbocycles. The Morgan fingerprint density at radius 2 is 2.20 bits per heavy atom. The van der Waals surface area contributed by atoms with Gasteiger partial charge in [-0.05, 0) is 19.3 Å². The van der Waals surface area contributed by atoms with Crippen molar-refractivity contribution in [2.24, 2.45) is 0 Å². The lowest BCUT2D eigenvalue weighted by molar-refractivity contribution is -0.144. The first-order valence-corrected chi connectivity index (χ1v) is 6.99. The van der Waals surface area contributed by atoms with E-state index < -0.39 is 17.5 Å². The molecule has 2 aliphatic rings. The highest BCUT2D eigenvalue weighted by Gasteiger charge is 2.44. The second kappa shape index (κ2) is 6.41. The summed E-state index contributed by atoms with van der Waals surface area (Å²) >= 11 is 0. The molecule has 2 saturated heterocycles. The van der Waals surface area contributed by atoms with Crippen molar-refractivity contribution >= 4 is 12.0 Å². The number of carbonyl (C=O) groups excluding carboxylic acids is 1. The van der Waals surface area contributed by atoms with Crippen molar-refractivity contribution in [3.8, 4) is 0 Å². The average molecular weight is 286 g/mol. The molecular formula is C13H22N2O5. The van der Waals surface area contributed by atoms with Gasteiger partial charge in [-0.1, -0.05) is 0 Å². The fraction of sp³-hybridized carbons (Fsp3) is 0.846. The quantitative estimate of drug-likeness (QED) is 0.783. The van der Waals surface area contributed by atoms with Crippen molar-refractivity contribution < 1.29 is 24.2 Å². The van der Waals surface area contributed by atoms with E-state index in [0.29, 0.717) is 19.6 Å². The highest BCUT2D eigenvalue weighted by atomic mass is 16.5. The summed E-state index contributed by atoms with van der Waals surface area (Å²) in [6.45, 7) is 1.57. The molecule has 2 unspecified atom stereocenters. The minimum absolute atomic E-state index is 0.0157. The number of carbonyl (C=O) groups is 2. The van der Waals surface area contributed by atoms with E-state index in [1.165, 1.54) is 4.90 Å². The van der Waals surface area contributed by atoms with Gasteiger partial charge in [0, 0.05) is 33.2 Å². The first-order valence-electron chi connectivity index (χ1n) is 6.99. The van der Waals surface area contributed by atoms with Crippen LogP contribution in [-0.4, -0.2) is 67.1 Å². The number of amides is 2. The third-order valence-corrected chi connectivity index (χ3v) is 3.88. The number of carboxylic acid groups (broad SMARTS) is 1. The van der Waals surface area contributed by atoms with E-state index in [2.05, 4.69) is 5.32 Å². The van der Waals surface area contributed by atoms with Gasteiger partial charge in [-0.25, -0.2) is 9.59 Å². The van der Waals surface area contributed by atoms with Crippen LogP contribution >= 0.6 is 0 Å². The van der Waals surface area contributed by atoms with Gasteiger partial charge in [0.05, 0.1) is 12.7 Å². The molecule has 114 valence electrons. The average Bonchev–Trinajstić information content (AvgIpc) is 2.89. The van der Waals surface area contributed by atoms with Gasteiger partial charge < -0.3 is 24.8 Å². The number of rotatable bonds is 4. The highest BCUT2D eigenvalue weighted by Crippen LogP contribution is 2.20. The summed E-state index contributed by atoms with van der Waals surface area (Å²) in [7, 11) is 1.65. The standard InChI is InChI=1S/C13H22N2O5/c1-15(8-10-4-2-3-6-20-10)12(18)14-13(11(16)17)5-7-19-9-13/h10H,2-9H2,1H3,(H,14,18)(H,16,17). The molecule has 0 spiro atoms. The van der Waals surface area contributed by atoms with Crippen LogP contribution in [0.2, 0.25) is 0 Å². The molecule has 0 aromatic heterocycles. The second-order valence-electron chi connectivity index (χ2n) is 5.49.